The van der Waals surface area contributed by atoms with Crippen LogP contribution in [0.4, 0.5) is 0 Å². The third kappa shape index (κ3) is 3.23. The smallest absolute Gasteiger partial charge is 0.144 e. The molecule has 0 saturated carbocycles. The van der Waals surface area contributed by atoms with E-state index in [0.717, 1.165) is 27.6 Å². The molecule has 10 aromatic rings. The van der Waals surface area contributed by atoms with E-state index in [1.54, 1.807) is 0 Å². The Bertz CT molecular complexity index is 2740. The second-order valence-corrected chi connectivity index (χ2v) is 12.4. The first-order valence-electron chi connectivity index (χ1n) is 14.6. The molecule has 3 aromatic heterocycles. The minimum Gasteiger partial charge on any atom is -0.455 e. The van der Waals surface area contributed by atoms with Crippen LogP contribution in [-0.4, -0.2) is 4.57 Å². The first kappa shape index (κ1) is 23.2. The van der Waals surface area contributed by atoms with Crippen molar-refractivity contribution in [3.63, 3.8) is 0 Å². The summed E-state index contributed by atoms with van der Waals surface area (Å²) in [5.41, 5.74) is 7.94. The predicted molar refractivity (Wildman–Crippen MR) is 184 cm³/mol. The van der Waals surface area contributed by atoms with Gasteiger partial charge in [0.2, 0.25) is 0 Å². The average Bonchev–Trinajstić information content (AvgIpc) is 3.73. The molecular weight excluding hydrogens is 543 g/mol. The van der Waals surface area contributed by atoms with Crippen LogP contribution in [0.1, 0.15) is 0 Å². The molecule has 0 bridgehead atoms. The zero-order chi connectivity index (χ0) is 28.1. The van der Waals surface area contributed by atoms with Crippen LogP contribution in [0.3, 0.4) is 0 Å². The van der Waals surface area contributed by atoms with Crippen LogP contribution in [0.5, 0.6) is 0 Å². The van der Waals surface area contributed by atoms with Gasteiger partial charge in [-0.3, -0.25) is 0 Å². The summed E-state index contributed by atoms with van der Waals surface area (Å²) < 4.78 is 11.5. The Morgan fingerprint density at radius 1 is 0.512 bits per heavy atom. The summed E-state index contributed by atoms with van der Waals surface area (Å²) in [6, 6.07) is 50.5. The van der Waals surface area contributed by atoms with Crippen molar-refractivity contribution in [1.29, 1.82) is 0 Å². The molecule has 0 fully saturated rings. The van der Waals surface area contributed by atoms with Crippen LogP contribution in [0.25, 0.3) is 91.5 Å². The van der Waals surface area contributed by atoms with Crippen molar-refractivity contribution in [3.8, 4) is 16.8 Å². The first-order chi connectivity index (χ1) is 21.3. The summed E-state index contributed by atoms with van der Waals surface area (Å²) >= 11 is 1.85. The minimum atomic E-state index is 0.928. The van der Waals surface area contributed by atoms with Crippen LogP contribution >= 0.6 is 11.3 Å². The number of para-hydroxylation sites is 2. The lowest BCUT2D eigenvalue weighted by Crippen LogP contribution is -1.94. The fourth-order valence-corrected chi connectivity index (χ4v) is 8.26. The molecule has 0 atom stereocenters. The number of aromatic nitrogens is 1. The Morgan fingerprint density at radius 3 is 2.16 bits per heavy atom. The van der Waals surface area contributed by atoms with E-state index >= 15 is 0 Å². The number of rotatable bonds is 2. The van der Waals surface area contributed by atoms with Gasteiger partial charge in [0.1, 0.15) is 11.2 Å². The van der Waals surface area contributed by atoms with E-state index < -0.39 is 0 Å². The molecule has 0 radical (unpaired) electrons. The van der Waals surface area contributed by atoms with Crippen molar-refractivity contribution in [2.24, 2.45) is 0 Å². The Kier molecular flexibility index (Phi) is 4.63. The third-order valence-corrected chi connectivity index (χ3v) is 10.1. The molecule has 0 aliphatic heterocycles. The van der Waals surface area contributed by atoms with Gasteiger partial charge in [-0.15, -0.1) is 11.3 Å². The van der Waals surface area contributed by atoms with Crippen LogP contribution in [0.2, 0.25) is 0 Å². The van der Waals surface area contributed by atoms with Gasteiger partial charge in [0.15, 0.2) is 0 Å². The summed E-state index contributed by atoms with van der Waals surface area (Å²) in [5, 5.41) is 9.83. The van der Waals surface area contributed by atoms with E-state index in [-0.39, 0.29) is 0 Å². The van der Waals surface area contributed by atoms with Gasteiger partial charge in [0, 0.05) is 53.0 Å². The van der Waals surface area contributed by atoms with Gasteiger partial charge in [-0.2, -0.15) is 0 Å². The van der Waals surface area contributed by atoms with Crippen molar-refractivity contribution in [1.82, 2.24) is 4.57 Å². The molecule has 0 saturated heterocycles. The summed E-state index contributed by atoms with van der Waals surface area (Å²) in [5.74, 6) is 0. The molecular formula is C40H23NOS. The molecule has 3 heteroatoms. The maximum atomic E-state index is 6.54. The van der Waals surface area contributed by atoms with Gasteiger partial charge < -0.3 is 8.98 Å². The topological polar surface area (TPSA) is 18.1 Å². The van der Waals surface area contributed by atoms with E-state index in [0.29, 0.717) is 0 Å². The molecule has 0 N–H and O–H groups in total. The van der Waals surface area contributed by atoms with Gasteiger partial charge in [0.25, 0.3) is 0 Å². The Hall–Kier alpha value is -5.38. The van der Waals surface area contributed by atoms with Gasteiger partial charge in [-0.05, 0) is 64.9 Å². The molecule has 0 unspecified atom stereocenters. The molecule has 0 spiro atoms. The van der Waals surface area contributed by atoms with Crippen molar-refractivity contribution in [2.75, 3.05) is 0 Å². The van der Waals surface area contributed by atoms with Crippen molar-refractivity contribution >= 4 is 86.0 Å². The van der Waals surface area contributed by atoms with Gasteiger partial charge >= 0.3 is 0 Å². The lowest BCUT2D eigenvalue weighted by molar-refractivity contribution is 0.673. The summed E-state index contributed by atoms with van der Waals surface area (Å²) in [4.78, 5) is 0. The lowest BCUT2D eigenvalue weighted by atomic mass is 9.98. The van der Waals surface area contributed by atoms with E-state index in [1.165, 1.54) is 63.9 Å². The lowest BCUT2D eigenvalue weighted by Gasteiger charge is -2.12. The molecule has 7 aromatic carbocycles. The number of nitrogens with zero attached hydrogens (tertiary/aromatic N) is 1. The molecule has 10 rings (SSSR count). The van der Waals surface area contributed by atoms with E-state index in [4.69, 9.17) is 4.42 Å². The normalized spacial score (nSPS) is 12.2. The van der Waals surface area contributed by atoms with Gasteiger partial charge in [0.05, 0.1) is 11.0 Å². The zero-order valence-corrected chi connectivity index (χ0v) is 23.9. The highest BCUT2D eigenvalue weighted by atomic mass is 32.1. The highest BCUT2D eigenvalue weighted by Crippen LogP contribution is 2.47. The van der Waals surface area contributed by atoms with Crippen LogP contribution in [0.15, 0.2) is 144 Å². The van der Waals surface area contributed by atoms with E-state index in [9.17, 15) is 0 Å². The third-order valence-electron chi connectivity index (χ3n) is 8.95. The fourth-order valence-electron chi connectivity index (χ4n) is 7.03. The van der Waals surface area contributed by atoms with Gasteiger partial charge in [-0.25, -0.2) is 0 Å². The number of hydrogen-bond donors (Lipinski definition) is 0. The number of benzene rings is 7. The van der Waals surface area contributed by atoms with E-state index in [2.05, 4.69) is 138 Å². The summed E-state index contributed by atoms with van der Waals surface area (Å²) in [6.45, 7) is 0. The fraction of sp³-hybridized carbons (Fsp3) is 0. The monoisotopic (exact) mass is 565 g/mol. The molecule has 43 heavy (non-hydrogen) atoms. The minimum absolute atomic E-state index is 0.928. The Balaban J connectivity index is 1.30. The zero-order valence-electron chi connectivity index (χ0n) is 23.0. The number of hydrogen-bond acceptors (Lipinski definition) is 2. The number of fused-ring (bicyclic) bond motifs is 11. The average molecular weight is 566 g/mol. The summed E-state index contributed by atoms with van der Waals surface area (Å²) in [6.07, 6.45) is 0. The Labute approximate surface area is 250 Å². The maximum Gasteiger partial charge on any atom is 0.144 e. The molecule has 0 aliphatic carbocycles. The quantitative estimate of drug-likeness (QED) is 0.204. The molecule has 2 nitrogen and oxygen atoms in total. The Morgan fingerprint density at radius 2 is 1.26 bits per heavy atom. The first-order valence-corrected chi connectivity index (χ1v) is 15.4. The van der Waals surface area contributed by atoms with Crippen LogP contribution < -0.4 is 0 Å². The molecule has 0 amide bonds. The highest BCUT2D eigenvalue weighted by Gasteiger charge is 2.20. The van der Waals surface area contributed by atoms with Crippen LogP contribution in [0, 0.1) is 0 Å². The number of furan rings is 1. The SMILES string of the molecule is c1cc(-c2cc3c4ccccc4oc3c3c2sc2ccccc23)cc(-n2c3ccccc3c3cc4ccccc4cc32)c1. The molecule has 0 aliphatic rings. The standard InChI is InChI=1S/C40H23NOS/c1-2-11-25-22-35-32(21-24(25)10-1)28-14-3-6-17-34(28)41(35)27-13-9-12-26(20-27)31-23-33-29-15-4-7-18-36(29)42-39(33)38-30-16-5-8-19-37(30)43-40(31)38/h1-23H. The number of thiophene rings is 1. The second kappa shape index (κ2) is 8.57. The van der Waals surface area contributed by atoms with E-state index in [1.807, 2.05) is 17.4 Å². The predicted octanol–water partition coefficient (Wildman–Crippen LogP) is 11.9. The van der Waals surface area contributed by atoms with Crippen molar-refractivity contribution in [2.45, 2.75) is 0 Å². The highest BCUT2D eigenvalue weighted by molar-refractivity contribution is 7.26. The largest absolute Gasteiger partial charge is 0.455 e. The molecule has 200 valence electrons. The van der Waals surface area contributed by atoms with Crippen LogP contribution in [-0.2, 0) is 0 Å². The second-order valence-electron chi connectivity index (χ2n) is 11.3. The van der Waals surface area contributed by atoms with Crippen molar-refractivity contribution < 1.29 is 4.42 Å². The van der Waals surface area contributed by atoms with Gasteiger partial charge in [-0.1, -0.05) is 91.0 Å². The maximum absolute atomic E-state index is 6.54. The van der Waals surface area contributed by atoms with Crippen molar-refractivity contribution in [3.05, 3.63) is 140 Å². The summed E-state index contributed by atoms with van der Waals surface area (Å²) in [7, 11) is 0. The molecule has 3 heterocycles.